The lowest BCUT2D eigenvalue weighted by molar-refractivity contribution is 0.164. The Morgan fingerprint density at radius 1 is 1.33 bits per heavy atom. The molecule has 0 fully saturated rings. The zero-order chi connectivity index (χ0) is 15.6. The van der Waals surface area contributed by atoms with E-state index in [2.05, 4.69) is 21.0 Å². The minimum absolute atomic E-state index is 0.126. The van der Waals surface area contributed by atoms with Gasteiger partial charge < -0.3 is 5.11 Å². The fourth-order valence-electron chi connectivity index (χ4n) is 2.24. The summed E-state index contributed by atoms with van der Waals surface area (Å²) in [5.74, 6) is -1.33. The number of hydrogen-bond donors (Lipinski definition) is 1. The number of aryl methyl sites for hydroxylation is 2. The first-order chi connectivity index (χ1) is 9.97. The second-order valence-electron chi connectivity index (χ2n) is 4.77. The van der Waals surface area contributed by atoms with Gasteiger partial charge >= 0.3 is 0 Å². The molecule has 2 rings (SSSR count). The number of aliphatic hydroxyl groups is 1. The van der Waals surface area contributed by atoms with Crippen LogP contribution in [0.25, 0.3) is 0 Å². The molecule has 6 heteroatoms. The molecule has 0 aliphatic rings. The van der Waals surface area contributed by atoms with Crippen LogP contribution in [-0.2, 0) is 19.4 Å². The first kappa shape index (κ1) is 16.1. The largest absolute Gasteiger partial charge is 0.386 e. The molecule has 1 N–H and O–H groups in total. The highest BCUT2D eigenvalue weighted by Crippen LogP contribution is 2.27. The van der Waals surface area contributed by atoms with E-state index in [0.717, 1.165) is 12.1 Å². The Balaban J connectivity index is 2.32. The molecule has 2 aromatic rings. The minimum atomic E-state index is -1.00. The predicted molar refractivity (Wildman–Crippen MR) is 80.0 cm³/mol. The normalized spacial score (nSPS) is 12.7. The summed E-state index contributed by atoms with van der Waals surface area (Å²) >= 11 is 3.03. The van der Waals surface area contributed by atoms with Gasteiger partial charge in [0.1, 0.15) is 11.6 Å². The maximum atomic E-state index is 14.0. The number of hydrogen-bond acceptors (Lipinski definition) is 2. The van der Waals surface area contributed by atoms with Gasteiger partial charge in [0.15, 0.2) is 0 Å². The lowest BCUT2D eigenvalue weighted by Gasteiger charge is -2.14. The Morgan fingerprint density at radius 3 is 2.67 bits per heavy atom. The van der Waals surface area contributed by atoms with Crippen molar-refractivity contribution in [2.75, 3.05) is 0 Å². The Bertz CT molecular complexity index is 643. The first-order valence-electron chi connectivity index (χ1n) is 6.84. The molecule has 114 valence electrons. The fourth-order valence-corrected chi connectivity index (χ4v) is 2.61. The molecule has 0 aliphatic carbocycles. The average Bonchev–Trinajstić information content (AvgIpc) is 2.91. The highest BCUT2D eigenvalue weighted by atomic mass is 79.9. The molecule has 3 nitrogen and oxygen atoms in total. The van der Waals surface area contributed by atoms with Crippen LogP contribution in [0.3, 0.4) is 0 Å². The van der Waals surface area contributed by atoms with Crippen LogP contribution in [0.5, 0.6) is 0 Å². The van der Waals surface area contributed by atoms with Crippen molar-refractivity contribution in [3.8, 4) is 0 Å². The highest BCUT2D eigenvalue weighted by Gasteiger charge is 2.20. The van der Waals surface area contributed by atoms with Crippen LogP contribution in [0, 0.1) is 11.6 Å². The monoisotopic (exact) mass is 358 g/mol. The van der Waals surface area contributed by atoms with E-state index in [1.165, 1.54) is 12.1 Å². The Kier molecular flexibility index (Phi) is 5.11. The Morgan fingerprint density at radius 2 is 2.05 bits per heavy atom. The van der Waals surface area contributed by atoms with E-state index in [1.54, 1.807) is 10.7 Å². The van der Waals surface area contributed by atoms with Crippen LogP contribution < -0.4 is 0 Å². The standard InChI is InChI=1S/C15H17BrF2N2O/c1-3-9-7-13(20(4-2)19-9)14(21)8-10-12(17)6-5-11(16)15(10)18/h5-7,14,21H,3-4,8H2,1-2H3. The van der Waals surface area contributed by atoms with E-state index in [4.69, 9.17) is 0 Å². The van der Waals surface area contributed by atoms with Gasteiger partial charge in [0.2, 0.25) is 0 Å². The van der Waals surface area contributed by atoms with Crippen LogP contribution in [0.15, 0.2) is 22.7 Å². The zero-order valence-electron chi connectivity index (χ0n) is 11.9. The smallest absolute Gasteiger partial charge is 0.143 e. The van der Waals surface area contributed by atoms with Crippen LogP contribution in [-0.4, -0.2) is 14.9 Å². The second kappa shape index (κ2) is 6.66. The van der Waals surface area contributed by atoms with Gasteiger partial charge in [0.25, 0.3) is 0 Å². The fraction of sp³-hybridized carbons (Fsp3) is 0.400. The molecule has 0 aliphatic heterocycles. The van der Waals surface area contributed by atoms with Crippen LogP contribution >= 0.6 is 15.9 Å². The van der Waals surface area contributed by atoms with Crippen molar-refractivity contribution < 1.29 is 13.9 Å². The SMILES string of the molecule is CCc1cc(C(O)Cc2c(F)ccc(Br)c2F)n(CC)n1. The summed E-state index contributed by atoms with van der Waals surface area (Å²) in [4.78, 5) is 0. The topological polar surface area (TPSA) is 38.0 Å². The molecule has 1 unspecified atom stereocenters. The molecule has 0 saturated carbocycles. The number of nitrogens with zero attached hydrogens (tertiary/aromatic N) is 2. The van der Waals surface area contributed by atoms with Gasteiger partial charge in [0, 0.05) is 18.5 Å². The van der Waals surface area contributed by atoms with E-state index in [9.17, 15) is 13.9 Å². The van der Waals surface area contributed by atoms with E-state index in [-0.39, 0.29) is 16.5 Å². The number of aliphatic hydroxyl groups excluding tert-OH is 1. The van der Waals surface area contributed by atoms with Crippen LogP contribution in [0.2, 0.25) is 0 Å². The third-order valence-electron chi connectivity index (χ3n) is 3.40. The third-order valence-corrected chi connectivity index (χ3v) is 4.01. The van der Waals surface area contributed by atoms with Gasteiger partial charge in [0.05, 0.1) is 22.0 Å². The number of aromatic nitrogens is 2. The van der Waals surface area contributed by atoms with Gasteiger partial charge in [-0.05, 0) is 47.5 Å². The number of halogens is 3. The minimum Gasteiger partial charge on any atom is -0.386 e. The van der Waals surface area contributed by atoms with Gasteiger partial charge in [-0.3, -0.25) is 4.68 Å². The Hall–Kier alpha value is -1.27. The molecular formula is C15H17BrF2N2O. The molecule has 21 heavy (non-hydrogen) atoms. The second-order valence-corrected chi connectivity index (χ2v) is 5.63. The molecule has 0 spiro atoms. The average molecular weight is 359 g/mol. The van der Waals surface area contributed by atoms with E-state index >= 15 is 0 Å². The summed E-state index contributed by atoms with van der Waals surface area (Å²) in [7, 11) is 0. The summed E-state index contributed by atoms with van der Waals surface area (Å²) < 4.78 is 29.6. The maximum Gasteiger partial charge on any atom is 0.143 e. The summed E-state index contributed by atoms with van der Waals surface area (Å²) in [6.07, 6.45) is -0.394. The third kappa shape index (κ3) is 3.32. The van der Waals surface area contributed by atoms with Crippen molar-refractivity contribution in [3.63, 3.8) is 0 Å². The van der Waals surface area contributed by atoms with Crippen molar-refractivity contribution in [2.24, 2.45) is 0 Å². The summed E-state index contributed by atoms with van der Waals surface area (Å²) in [6.45, 7) is 4.46. The molecule has 0 amide bonds. The maximum absolute atomic E-state index is 14.0. The summed E-state index contributed by atoms with van der Waals surface area (Å²) in [6, 6.07) is 4.28. The van der Waals surface area contributed by atoms with Crippen molar-refractivity contribution >= 4 is 15.9 Å². The highest BCUT2D eigenvalue weighted by molar-refractivity contribution is 9.10. The van der Waals surface area contributed by atoms with E-state index < -0.39 is 17.7 Å². The van der Waals surface area contributed by atoms with E-state index in [1.807, 2.05) is 13.8 Å². The van der Waals surface area contributed by atoms with Gasteiger partial charge in [-0.25, -0.2) is 8.78 Å². The molecule has 0 radical (unpaired) electrons. The number of benzene rings is 1. The molecule has 1 atom stereocenters. The van der Waals surface area contributed by atoms with Gasteiger partial charge in [-0.1, -0.05) is 6.92 Å². The molecule has 1 heterocycles. The zero-order valence-corrected chi connectivity index (χ0v) is 13.5. The first-order valence-corrected chi connectivity index (χ1v) is 7.64. The van der Waals surface area contributed by atoms with Crippen molar-refractivity contribution in [1.29, 1.82) is 0 Å². The molecule has 1 aromatic carbocycles. The lowest BCUT2D eigenvalue weighted by Crippen LogP contribution is -2.12. The van der Waals surface area contributed by atoms with Crippen molar-refractivity contribution in [2.45, 2.75) is 39.3 Å². The van der Waals surface area contributed by atoms with Crippen LogP contribution in [0.4, 0.5) is 8.78 Å². The van der Waals surface area contributed by atoms with Crippen LogP contribution in [0.1, 0.15) is 36.9 Å². The summed E-state index contributed by atoms with van der Waals surface area (Å²) in [5, 5.41) is 14.7. The molecule has 1 aromatic heterocycles. The quantitative estimate of drug-likeness (QED) is 0.825. The van der Waals surface area contributed by atoms with Crippen molar-refractivity contribution in [1.82, 2.24) is 9.78 Å². The number of rotatable bonds is 5. The molecule has 0 bridgehead atoms. The van der Waals surface area contributed by atoms with Gasteiger partial charge in [-0.15, -0.1) is 0 Å². The predicted octanol–water partition coefficient (Wildman–Crippen LogP) is 3.78. The van der Waals surface area contributed by atoms with Crippen molar-refractivity contribution in [3.05, 3.63) is 51.3 Å². The van der Waals surface area contributed by atoms with E-state index in [0.29, 0.717) is 12.2 Å². The summed E-state index contributed by atoms with van der Waals surface area (Å²) in [5.41, 5.74) is 1.30. The lowest BCUT2D eigenvalue weighted by atomic mass is 10.0. The van der Waals surface area contributed by atoms with Gasteiger partial charge in [-0.2, -0.15) is 5.10 Å². The Labute approximate surface area is 130 Å². The molecule has 0 saturated heterocycles. The molecular weight excluding hydrogens is 342 g/mol.